The standard InChI is InChI=1S/C25H19IN2O4/c1-2-32-25(31)17-6-9-19(10-7-17)28-23(14-5-16-3-11-20(29)12-4-16)27-22-13-8-18(26)15-21(22)24(28)30/h3-15,29H,2H2,1H3. The molecular weight excluding hydrogens is 519 g/mol. The lowest BCUT2D eigenvalue weighted by atomic mass is 10.1. The van der Waals surface area contributed by atoms with Gasteiger partial charge in [-0.15, -0.1) is 0 Å². The topological polar surface area (TPSA) is 81.4 Å². The maximum absolute atomic E-state index is 13.4. The molecule has 0 aliphatic carbocycles. The summed E-state index contributed by atoms with van der Waals surface area (Å²) in [6.45, 7) is 2.04. The lowest BCUT2D eigenvalue weighted by molar-refractivity contribution is 0.0526. The third kappa shape index (κ3) is 4.57. The van der Waals surface area contributed by atoms with Crippen LogP contribution in [-0.4, -0.2) is 27.2 Å². The Bertz CT molecular complexity index is 1370. The molecule has 4 rings (SSSR count). The second kappa shape index (κ2) is 9.35. The third-order valence-electron chi connectivity index (χ3n) is 4.81. The van der Waals surface area contributed by atoms with Crippen LogP contribution in [0.2, 0.25) is 0 Å². The lowest BCUT2D eigenvalue weighted by Crippen LogP contribution is -2.22. The predicted octanol–water partition coefficient (Wildman–Crippen LogP) is 5.04. The van der Waals surface area contributed by atoms with Crippen molar-refractivity contribution < 1.29 is 14.6 Å². The monoisotopic (exact) mass is 538 g/mol. The van der Waals surface area contributed by atoms with E-state index in [1.54, 1.807) is 61.5 Å². The van der Waals surface area contributed by atoms with E-state index in [0.29, 0.717) is 34.6 Å². The molecule has 6 nitrogen and oxygen atoms in total. The first-order valence-corrected chi connectivity index (χ1v) is 11.0. The van der Waals surface area contributed by atoms with Gasteiger partial charge < -0.3 is 9.84 Å². The molecule has 0 fully saturated rings. The first-order valence-electron chi connectivity index (χ1n) is 9.93. The molecule has 1 aromatic heterocycles. The highest BCUT2D eigenvalue weighted by Crippen LogP contribution is 2.19. The molecule has 32 heavy (non-hydrogen) atoms. The first kappa shape index (κ1) is 21.8. The van der Waals surface area contributed by atoms with E-state index in [-0.39, 0.29) is 11.3 Å². The number of hydrogen-bond acceptors (Lipinski definition) is 5. The largest absolute Gasteiger partial charge is 0.508 e. The number of fused-ring (bicyclic) bond motifs is 1. The molecule has 0 radical (unpaired) electrons. The van der Waals surface area contributed by atoms with Crippen LogP contribution in [0, 0.1) is 3.57 Å². The summed E-state index contributed by atoms with van der Waals surface area (Å²) >= 11 is 2.16. The molecule has 160 valence electrons. The number of ether oxygens (including phenoxy) is 1. The average molecular weight is 538 g/mol. The van der Waals surface area contributed by atoms with Gasteiger partial charge in [0.1, 0.15) is 11.6 Å². The number of phenolic OH excluding ortho intramolecular Hbond substituents is 1. The Morgan fingerprint density at radius 3 is 2.47 bits per heavy atom. The minimum absolute atomic E-state index is 0.180. The Morgan fingerprint density at radius 1 is 1.06 bits per heavy atom. The van der Waals surface area contributed by atoms with Crippen LogP contribution in [0.3, 0.4) is 0 Å². The Kier molecular flexibility index (Phi) is 6.36. The molecule has 1 N–H and O–H groups in total. The molecule has 0 bridgehead atoms. The van der Waals surface area contributed by atoms with Crippen LogP contribution < -0.4 is 5.56 Å². The van der Waals surface area contributed by atoms with Crippen molar-refractivity contribution in [3.63, 3.8) is 0 Å². The van der Waals surface area contributed by atoms with Gasteiger partial charge in [-0.05, 0) is 95.8 Å². The summed E-state index contributed by atoms with van der Waals surface area (Å²) in [4.78, 5) is 30.1. The summed E-state index contributed by atoms with van der Waals surface area (Å²) in [5.74, 6) is 0.213. The molecule has 3 aromatic carbocycles. The summed E-state index contributed by atoms with van der Waals surface area (Å²) in [6, 6.07) is 18.9. The molecule has 0 atom stereocenters. The van der Waals surface area contributed by atoms with Crippen LogP contribution >= 0.6 is 22.6 Å². The zero-order valence-electron chi connectivity index (χ0n) is 17.2. The van der Waals surface area contributed by atoms with Crippen LogP contribution in [0.5, 0.6) is 5.75 Å². The number of esters is 1. The summed E-state index contributed by atoms with van der Waals surface area (Å²) in [6.07, 6.45) is 3.58. The van der Waals surface area contributed by atoms with E-state index in [4.69, 9.17) is 9.72 Å². The van der Waals surface area contributed by atoms with Crippen LogP contribution in [0.25, 0.3) is 28.7 Å². The number of rotatable bonds is 5. The Labute approximate surface area is 198 Å². The first-order chi connectivity index (χ1) is 15.5. The number of phenols is 1. The van der Waals surface area contributed by atoms with Gasteiger partial charge in [0.05, 0.1) is 28.8 Å². The highest BCUT2D eigenvalue weighted by molar-refractivity contribution is 14.1. The molecule has 0 saturated heterocycles. The van der Waals surface area contributed by atoms with Gasteiger partial charge in [-0.25, -0.2) is 9.78 Å². The van der Waals surface area contributed by atoms with E-state index in [9.17, 15) is 14.7 Å². The highest BCUT2D eigenvalue weighted by Gasteiger charge is 2.13. The van der Waals surface area contributed by atoms with Crippen molar-refractivity contribution in [2.75, 3.05) is 6.61 Å². The maximum Gasteiger partial charge on any atom is 0.338 e. The normalized spacial score (nSPS) is 11.2. The van der Waals surface area contributed by atoms with Crippen LogP contribution in [0.15, 0.2) is 71.5 Å². The molecule has 0 saturated carbocycles. The van der Waals surface area contributed by atoms with Gasteiger partial charge in [0.25, 0.3) is 5.56 Å². The molecule has 0 aliphatic heterocycles. The van der Waals surface area contributed by atoms with E-state index in [1.807, 2.05) is 24.3 Å². The van der Waals surface area contributed by atoms with Crippen molar-refractivity contribution in [1.29, 1.82) is 0 Å². The summed E-state index contributed by atoms with van der Waals surface area (Å²) in [7, 11) is 0. The Balaban J connectivity index is 1.86. The highest BCUT2D eigenvalue weighted by atomic mass is 127. The van der Waals surface area contributed by atoms with E-state index in [1.165, 1.54) is 4.57 Å². The molecule has 0 unspecified atom stereocenters. The van der Waals surface area contributed by atoms with E-state index < -0.39 is 5.97 Å². The molecular formula is C25H19IN2O4. The number of nitrogens with zero attached hydrogens (tertiary/aromatic N) is 2. The summed E-state index contributed by atoms with van der Waals surface area (Å²) < 4.78 is 7.49. The molecule has 4 aromatic rings. The Morgan fingerprint density at radius 2 is 1.78 bits per heavy atom. The molecule has 0 aliphatic rings. The number of carbonyl (C=O) groups is 1. The zero-order valence-corrected chi connectivity index (χ0v) is 19.3. The minimum Gasteiger partial charge on any atom is -0.508 e. The van der Waals surface area contributed by atoms with Crippen LogP contribution in [0.4, 0.5) is 0 Å². The molecule has 7 heteroatoms. The van der Waals surface area contributed by atoms with E-state index in [2.05, 4.69) is 22.6 Å². The van der Waals surface area contributed by atoms with Gasteiger partial charge >= 0.3 is 5.97 Å². The van der Waals surface area contributed by atoms with Crippen LogP contribution in [-0.2, 0) is 4.74 Å². The second-order valence-electron chi connectivity index (χ2n) is 6.96. The fourth-order valence-corrected chi connectivity index (χ4v) is 3.74. The second-order valence-corrected chi connectivity index (χ2v) is 8.21. The van der Waals surface area contributed by atoms with E-state index >= 15 is 0 Å². The van der Waals surface area contributed by atoms with Crippen molar-refractivity contribution in [2.24, 2.45) is 0 Å². The van der Waals surface area contributed by atoms with E-state index in [0.717, 1.165) is 9.13 Å². The Hall–Kier alpha value is -3.46. The average Bonchev–Trinajstić information content (AvgIpc) is 2.79. The third-order valence-corrected chi connectivity index (χ3v) is 5.48. The number of carbonyl (C=O) groups excluding carboxylic acids is 1. The number of benzene rings is 3. The van der Waals surface area contributed by atoms with Crippen molar-refractivity contribution in [3.05, 3.63) is 97.6 Å². The number of hydrogen-bond donors (Lipinski definition) is 1. The van der Waals surface area contributed by atoms with Gasteiger partial charge in [0.2, 0.25) is 0 Å². The van der Waals surface area contributed by atoms with Crippen LogP contribution in [0.1, 0.15) is 28.7 Å². The number of halogens is 1. The fourth-order valence-electron chi connectivity index (χ4n) is 3.25. The molecule has 0 spiro atoms. The van der Waals surface area contributed by atoms with Gasteiger partial charge in [-0.3, -0.25) is 9.36 Å². The number of aromatic hydroxyl groups is 1. The van der Waals surface area contributed by atoms with Crippen molar-refractivity contribution in [2.45, 2.75) is 6.92 Å². The minimum atomic E-state index is -0.412. The summed E-state index contributed by atoms with van der Waals surface area (Å²) in [5, 5.41) is 10.00. The number of aromatic nitrogens is 2. The van der Waals surface area contributed by atoms with Crippen molar-refractivity contribution >= 4 is 51.6 Å². The summed E-state index contributed by atoms with van der Waals surface area (Å²) in [5.41, 5.74) is 2.24. The molecule has 0 amide bonds. The van der Waals surface area contributed by atoms with Crippen molar-refractivity contribution in [1.82, 2.24) is 9.55 Å². The van der Waals surface area contributed by atoms with Gasteiger partial charge in [0, 0.05) is 3.57 Å². The fraction of sp³-hybridized carbons (Fsp3) is 0.0800. The van der Waals surface area contributed by atoms with Crippen molar-refractivity contribution in [3.8, 4) is 11.4 Å². The maximum atomic E-state index is 13.4. The quantitative estimate of drug-likeness (QED) is 0.285. The SMILES string of the molecule is CCOC(=O)c1ccc(-n2c(C=Cc3ccc(O)cc3)nc3ccc(I)cc3c2=O)cc1. The smallest absolute Gasteiger partial charge is 0.338 e. The van der Waals surface area contributed by atoms with Gasteiger partial charge in [-0.1, -0.05) is 18.2 Å². The molecule has 1 heterocycles. The zero-order chi connectivity index (χ0) is 22.7. The van der Waals surface area contributed by atoms with Gasteiger partial charge in [0.15, 0.2) is 0 Å². The van der Waals surface area contributed by atoms with Gasteiger partial charge in [-0.2, -0.15) is 0 Å². The lowest BCUT2D eigenvalue weighted by Gasteiger charge is -2.12. The predicted molar refractivity (Wildman–Crippen MR) is 133 cm³/mol.